The molecule has 0 radical (unpaired) electrons. The van der Waals surface area contributed by atoms with Crippen molar-refractivity contribution in [3.8, 4) is 11.5 Å². The molecule has 0 saturated heterocycles. The third-order valence-corrected chi connectivity index (χ3v) is 5.83. The van der Waals surface area contributed by atoms with E-state index in [-0.39, 0.29) is 4.90 Å². The second-order valence-electron chi connectivity index (χ2n) is 6.73. The van der Waals surface area contributed by atoms with E-state index >= 15 is 0 Å². The van der Waals surface area contributed by atoms with Crippen LogP contribution in [0, 0.1) is 0 Å². The van der Waals surface area contributed by atoms with Crippen LogP contribution in [0.3, 0.4) is 0 Å². The standard InChI is InChI=1S/C22H25N3O5S/c1-3-30-20-14-16(9-11-19(20)29-2)10-12-22(26)24-17-6-4-7-18(15-17)31(27,28)25-21-8-5-13-23-21/h4,6-7,9-12,14-15H,3,5,8,13H2,1-2H3,(H,23,25)(H,24,26)/b12-10+. The van der Waals surface area contributed by atoms with Gasteiger partial charge in [-0.2, -0.15) is 0 Å². The van der Waals surface area contributed by atoms with Gasteiger partial charge in [-0.05, 0) is 55.3 Å². The lowest BCUT2D eigenvalue weighted by atomic mass is 10.2. The third-order valence-electron chi connectivity index (χ3n) is 4.45. The SMILES string of the molecule is CCOc1cc(/C=C/C(=O)Nc2cccc(S(=O)(=O)NC3=NCCC3)c2)ccc1OC. The van der Waals surface area contributed by atoms with Crippen LogP contribution in [0.2, 0.25) is 0 Å². The number of nitrogens with one attached hydrogen (secondary N) is 2. The Morgan fingerprint density at radius 3 is 2.74 bits per heavy atom. The van der Waals surface area contributed by atoms with Crippen molar-refractivity contribution in [2.75, 3.05) is 25.6 Å². The summed E-state index contributed by atoms with van der Waals surface area (Å²) in [7, 11) is -2.19. The number of rotatable bonds is 8. The minimum absolute atomic E-state index is 0.0559. The molecule has 1 aliphatic heterocycles. The van der Waals surface area contributed by atoms with Crippen LogP contribution in [0.15, 0.2) is 58.4 Å². The summed E-state index contributed by atoms with van der Waals surface area (Å²) >= 11 is 0. The molecule has 164 valence electrons. The summed E-state index contributed by atoms with van der Waals surface area (Å²) in [5.41, 5.74) is 1.13. The number of sulfonamides is 1. The fraction of sp³-hybridized carbons (Fsp3) is 0.273. The molecule has 3 rings (SSSR count). The normalized spacial score (nSPS) is 13.7. The van der Waals surface area contributed by atoms with Crippen molar-refractivity contribution in [3.05, 3.63) is 54.1 Å². The van der Waals surface area contributed by atoms with Crippen LogP contribution in [0.25, 0.3) is 6.08 Å². The zero-order chi connectivity index (χ0) is 22.3. The van der Waals surface area contributed by atoms with Crippen molar-refractivity contribution < 1.29 is 22.7 Å². The van der Waals surface area contributed by atoms with Crippen molar-refractivity contribution in [1.29, 1.82) is 0 Å². The van der Waals surface area contributed by atoms with Gasteiger partial charge >= 0.3 is 0 Å². The summed E-state index contributed by atoms with van der Waals surface area (Å²) < 4.78 is 38.3. The molecule has 31 heavy (non-hydrogen) atoms. The average molecular weight is 444 g/mol. The van der Waals surface area contributed by atoms with Gasteiger partial charge in [0.1, 0.15) is 5.84 Å². The smallest absolute Gasteiger partial charge is 0.262 e. The molecule has 9 heteroatoms. The molecule has 1 aliphatic rings. The number of amides is 1. The number of ether oxygens (including phenoxy) is 2. The molecule has 0 fully saturated rings. The van der Waals surface area contributed by atoms with E-state index in [1.54, 1.807) is 43.5 Å². The number of carbonyl (C=O) groups is 1. The summed E-state index contributed by atoms with van der Waals surface area (Å²) in [6, 6.07) is 11.4. The zero-order valence-corrected chi connectivity index (χ0v) is 18.2. The van der Waals surface area contributed by atoms with Crippen molar-refractivity contribution in [2.24, 2.45) is 4.99 Å². The van der Waals surface area contributed by atoms with Gasteiger partial charge in [0, 0.05) is 24.7 Å². The summed E-state index contributed by atoms with van der Waals surface area (Å²) in [6.45, 7) is 2.99. The van der Waals surface area contributed by atoms with E-state index in [1.165, 1.54) is 18.2 Å². The molecule has 0 unspecified atom stereocenters. The highest BCUT2D eigenvalue weighted by Gasteiger charge is 2.18. The summed E-state index contributed by atoms with van der Waals surface area (Å²) in [5, 5.41) is 2.68. The zero-order valence-electron chi connectivity index (χ0n) is 17.4. The Labute approximate surface area is 182 Å². The molecular formula is C22H25N3O5S. The van der Waals surface area contributed by atoms with E-state index < -0.39 is 15.9 Å². The Kier molecular flexibility index (Phi) is 7.30. The van der Waals surface area contributed by atoms with Gasteiger partial charge in [-0.15, -0.1) is 0 Å². The van der Waals surface area contributed by atoms with Gasteiger partial charge in [0.25, 0.3) is 10.0 Å². The maximum atomic E-state index is 12.5. The van der Waals surface area contributed by atoms with Crippen LogP contribution in [-0.2, 0) is 14.8 Å². The Balaban J connectivity index is 1.68. The van der Waals surface area contributed by atoms with Gasteiger partial charge in [0.15, 0.2) is 11.5 Å². The number of aliphatic imine (C=N–C) groups is 1. The first-order chi connectivity index (χ1) is 14.9. The van der Waals surface area contributed by atoms with Gasteiger partial charge in [-0.3, -0.25) is 14.5 Å². The van der Waals surface area contributed by atoms with E-state index in [1.807, 2.05) is 6.92 Å². The molecule has 0 atom stereocenters. The lowest BCUT2D eigenvalue weighted by Crippen LogP contribution is -2.29. The molecule has 1 amide bonds. The third kappa shape index (κ3) is 6.08. The maximum absolute atomic E-state index is 12.5. The van der Waals surface area contributed by atoms with Gasteiger partial charge in [-0.1, -0.05) is 12.1 Å². The van der Waals surface area contributed by atoms with Crippen LogP contribution in [0.5, 0.6) is 11.5 Å². The Bertz CT molecular complexity index is 1110. The van der Waals surface area contributed by atoms with E-state index in [0.717, 1.165) is 12.0 Å². The van der Waals surface area contributed by atoms with Crippen LogP contribution in [0.1, 0.15) is 25.3 Å². The number of hydrogen-bond donors (Lipinski definition) is 2. The molecular weight excluding hydrogens is 418 g/mol. The average Bonchev–Trinajstić information content (AvgIpc) is 3.25. The van der Waals surface area contributed by atoms with Crippen molar-refractivity contribution in [2.45, 2.75) is 24.7 Å². The largest absolute Gasteiger partial charge is 0.493 e. The molecule has 1 heterocycles. The fourth-order valence-corrected chi connectivity index (χ4v) is 4.13. The van der Waals surface area contributed by atoms with Crippen molar-refractivity contribution >= 4 is 33.5 Å². The van der Waals surface area contributed by atoms with Gasteiger partial charge in [0.05, 0.1) is 18.6 Å². The quantitative estimate of drug-likeness (QED) is 0.610. The Morgan fingerprint density at radius 2 is 2.03 bits per heavy atom. The number of carbonyl (C=O) groups excluding carboxylic acids is 1. The van der Waals surface area contributed by atoms with Gasteiger partial charge in [-0.25, -0.2) is 8.42 Å². The fourth-order valence-electron chi connectivity index (χ4n) is 3.00. The van der Waals surface area contributed by atoms with Crippen LogP contribution >= 0.6 is 0 Å². The second-order valence-corrected chi connectivity index (χ2v) is 8.41. The number of benzene rings is 2. The first-order valence-corrected chi connectivity index (χ1v) is 11.4. The highest BCUT2D eigenvalue weighted by molar-refractivity contribution is 7.90. The predicted molar refractivity (Wildman–Crippen MR) is 120 cm³/mol. The maximum Gasteiger partial charge on any atom is 0.262 e. The van der Waals surface area contributed by atoms with E-state index in [9.17, 15) is 13.2 Å². The first-order valence-electron chi connectivity index (χ1n) is 9.87. The summed E-state index contributed by atoms with van der Waals surface area (Å²) in [6.07, 6.45) is 4.44. The van der Waals surface area contributed by atoms with E-state index in [0.29, 0.717) is 42.6 Å². The topological polar surface area (TPSA) is 106 Å². The lowest BCUT2D eigenvalue weighted by molar-refractivity contribution is -0.111. The second kappa shape index (κ2) is 10.1. The Hall–Kier alpha value is -3.33. The minimum Gasteiger partial charge on any atom is -0.493 e. The lowest BCUT2D eigenvalue weighted by Gasteiger charge is -2.10. The molecule has 2 aromatic rings. The van der Waals surface area contributed by atoms with Gasteiger partial charge < -0.3 is 14.8 Å². The Morgan fingerprint density at radius 1 is 1.19 bits per heavy atom. The van der Waals surface area contributed by atoms with Crippen molar-refractivity contribution in [3.63, 3.8) is 0 Å². The monoisotopic (exact) mass is 443 g/mol. The number of hydrogen-bond acceptors (Lipinski definition) is 6. The van der Waals surface area contributed by atoms with Crippen LogP contribution in [0.4, 0.5) is 5.69 Å². The molecule has 8 nitrogen and oxygen atoms in total. The van der Waals surface area contributed by atoms with Gasteiger partial charge in [0.2, 0.25) is 5.91 Å². The molecule has 2 aromatic carbocycles. The molecule has 0 aromatic heterocycles. The highest BCUT2D eigenvalue weighted by Crippen LogP contribution is 2.28. The van der Waals surface area contributed by atoms with E-state index in [4.69, 9.17) is 9.47 Å². The van der Waals surface area contributed by atoms with Crippen molar-refractivity contribution in [1.82, 2.24) is 4.72 Å². The molecule has 0 aliphatic carbocycles. The first kappa shape index (κ1) is 22.4. The number of methoxy groups -OCH3 is 1. The number of anilines is 1. The summed E-state index contributed by atoms with van der Waals surface area (Å²) in [4.78, 5) is 16.5. The molecule has 0 saturated carbocycles. The molecule has 2 N–H and O–H groups in total. The number of amidine groups is 1. The molecule has 0 spiro atoms. The van der Waals surface area contributed by atoms with Crippen LogP contribution in [-0.4, -0.2) is 40.4 Å². The van der Waals surface area contributed by atoms with Crippen LogP contribution < -0.4 is 19.5 Å². The molecule has 0 bridgehead atoms. The van der Waals surface area contributed by atoms with E-state index in [2.05, 4.69) is 15.0 Å². The minimum atomic E-state index is -3.75. The number of nitrogens with zero attached hydrogens (tertiary/aromatic N) is 1. The summed E-state index contributed by atoms with van der Waals surface area (Å²) in [5.74, 6) is 1.27. The highest BCUT2D eigenvalue weighted by atomic mass is 32.2. The predicted octanol–water partition coefficient (Wildman–Crippen LogP) is 3.22.